The first-order valence-corrected chi connectivity index (χ1v) is 12.2. The van der Waals surface area contributed by atoms with Crippen molar-refractivity contribution in [3.63, 3.8) is 0 Å². The number of hydrogen-bond donors (Lipinski definition) is 2. The van der Waals surface area contributed by atoms with Gasteiger partial charge in [0.1, 0.15) is 0 Å². The number of carbonyl (C=O) groups is 1. The molecule has 3 aromatic rings. The Morgan fingerprint density at radius 3 is 2.86 bits per heavy atom. The van der Waals surface area contributed by atoms with E-state index in [0.717, 1.165) is 60.1 Å². The van der Waals surface area contributed by atoms with E-state index < -0.39 is 0 Å². The Bertz CT molecular complexity index is 1130. The molecule has 0 bridgehead atoms. The highest BCUT2D eigenvalue weighted by atomic mass is 16.7. The monoisotopic (exact) mass is 476 g/mol. The van der Waals surface area contributed by atoms with Crippen molar-refractivity contribution in [2.75, 3.05) is 31.8 Å². The van der Waals surface area contributed by atoms with Gasteiger partial charge in [-0.2, -0.15) is 0 Å². The summed E-state index contributed by atoms with van der Waals surface area (Å²) < 4.78 is 16.4. The maximum absolute atomic E-state index is 12.7. The predicted octanol–water partition coefficient (Wildman–Crippen LogP) is 3.51. The number of ether oxygens (including phenoxy) is 2. The molecule has 1 amide bonds. The zero-order valence-electron chi connectivity index (χ0n) is 20.0. The number of rotatable bonds is 9. The average molecular weight is 477 g/mol. The van der Waals surface area contributed by atoms with Gasteiger partial charge in [-0.1, -0.05) is 29.4 Å². The molecule has 0 spiro atoms. The van der Waals surface area contributed by atoms with Crippen molar-refractivity contribution in [1.29, 1.82) is 0 Å². The molecule has 5 rings (SSSR count). The number of carbonyl (C=O) groups excluding carboxylic acids is 1. The molecule has 2 aliphatic heterocycles. The number of fused-ring (bicyclic) bond motifs is 1. The highest BCUT2D eigenvalue weighted by molar-refractivity contribution is 5.76. The molecule has 35 heavy (non-hydrogen) atoms. The average Bonchev–Trinajstić information content (AvgIpc) is 3.53. The molecule has 0 radical (unpaired) electrons. The van der Waals surface area contributed by atoms with Crippen molar-refractivity contribution in [1.82, 2.24) is 15.8 Å². The van der Waals surface area contributed by atoms with E-state index in [-0.39, 0.29) is 12.7 Å². The molecule has 0 saturated carbocycles. The van der Waals surface area contributed by atoms with Gasteiger partial charge < -0.3 is 29.5 Å². The number of amides is 1. The highest BCUT2D eigenvalue weighted by Gasteiger charge is 2.28. The van der Waals surface area contributed by atoms with Crippen molar-refractivity contribution in [3.05, 3.63) is 71.6 Å². The molecule has 1 aromatic heterocycles. The van der Waals surface area contributed by atoms with Gasteiger partial charge >= 0.3 is 0 Å². The molecule has 3 heterocycles. The van der Waals surface area contributed by atoms with Gasteiger partial charge in [0.15, 0.2) is 17.3 Å². The van der Waals surface area contributed by atoms with Crippen molar-refractivity contribution in [2.45, 2.75) is 32.4 Å². The van der Waals surface area contributed by atoms with Crippen LogP contribution in [0.4, 0.5) is 5.69 Å². The number of hydrogen-bond acceptors (Lipinski definition) is 7. The highest BCUT2D eigenvalue weighted by Crippen LogP contribution is 2.32. The molecule has 184 valence electrons. The summed E-state index contributed by atoms with van der Waals surface area (Å²) in [6, 6.07) is 18.0. The minimum atomic E-state index is 0.0740. The van der Waals surface area contributed by atoms with Crippen LogP contribution in [0.5, 0.6) is 11.5 Å². The Kier molecular flexibility index (Phi) is 7.18. The number of nitrogens with zero attached hydrogens (tertiary/aromatic N) is 2. The predicted molar refractivity (Wildman–Crippen MR) is 132 cm³/mol. The molecular weight excluding hydrogens is 444 g/mol. The Morgan fingerprint density at radius 1 is 1.11 bits per heavy atom. The van der Waals surface area contributed by atoms with Gasteiger partial charge in [0.25, 0.3) is 0 Å². The first kappa shape index (κ1) is 23.2. The van der Waals surface area contributed by atoms with E-state index in [1.54, 1.807) is 0 Å². The SMILES string of the molecule is CN(Cc1cc(C[C@H]2CNCC[C@H]2CC(=O)NCc2ccc3c(c2)OCO3)no1)c1ccccc1. The van der Waals surface area contributed by atoms with Crippen molar-refractivity contribution in [3.8, 4) is 11.5 Å². The summed E-state index contributed by atoms with van der Waals surface area (Å²) in [6.07, 6.45) is 2.29. The zero-order chi connectivity index (χ0) is 24.0. The fourth-order valence-corrected chi connectivity index (χ4v) is 4.85. The molecule has 1 fully saturated rings. The van der Waals surface area contributed by atoms with Crippen molar-refractivity contribution < 1.29 is 18.8 Å². The van der Waals surface area contributed by atoms with Crippen LogP contribution < -0.4 is 25.0 Å². The number of para-hydroxylation sites is 1. The number of piperidine rings is 1. The molecule has 8 heteroatoms. The molecule has 2 N–H and O–H groups in total. The smallest absolute Gasteiger partial charge is 0.231 e. The van der Waals surface area contributed by atoms with Gasteiger partial charge in [-0.25, -0.2) is 0 Å². The molecular formula is C27H32N4O4. The van der Waals surface area contributed by atoms with E-state index in [0.29, 0.717) is 31.3 Å². The first-order valence-electron chi connectivity index (χ1n) is 12.2. The van der Waals surface area contributed by atoms with Crippen LogP contribution in [0.2, 0.25) is 0 Å². The summed E-state index contributed by atoms with van der Waals surface area (Å²) in [7, 11) is 2.04. The van der Waals surface area contributed by atoms with Crippen LogP contribution in [0, 0.1) is 11.8 Å². The van der Waals surface area contributed by atoms with Gasteiger partial charge in [-0.15, -0.1) is 0 Å². The second kappa shape index (κ2) is 10.8. The van der Waals surface area contributed by atoms with E-state index in [4.69, 9.17) is 14.0 Å². The Hall–Kier alpha value is -3.52. The van der Waals surface area contributed by atoms with Gasteiger partial charge in [-0.05, 0) is 67.6 Å². The topological polar surface area (TPSA) is 88.9 Å². The van der Waals surface area contributed by atoms with Crippen molar-refractivity contribution >= 4 is 11.6 Å². The lowest BCUT2D eigenvalue weighted by molar-refractivity contribution is -0.122. The number of nitrogens with one attached hydrogen (secondary N) is 2. The molecule has 1 saturated heterocycles. The Balaban J connectivity index is 1.13. The van der Waals surface area contributed by atoms with Crippen LogP contribution >= 0.6 is 0 Å². The number of anilines is 1. The standard InChI is InChI=1S/C27H32N4O4/c1-31(23-5-3-2-4-6-23)17-24-14-22(30-35-24)12-21-16-28-10-9-20(21)13-27(32)29-15-19-7-8-25-26(11-19)34-18-33-25/h2-8,11,14,20-21,28H,9-10,12-13,15-18H2,1H3,(H,29,32)/t20-,21-/m0/s1. The maximum atomic E-state index is 12.7. The number of aromatic nitrogens is 1. The van der Waals surface area contributed by atoms with Gasteiger partial charge in [0, 0.05) is 31.8 Å². The zero-order valence-corrected chi connectivity index (χ0v) is 20.0. The summed E-state index contributed by atoms with van der Waals surface area (Å²) in [4.78, 5) is 14.9. The van der Waals surface area contributed by atoms with E-state index in [1.165, 1.54) is 0 Å². The van der Waals surface area contributed by atoms with E-state index in [1.807, 2.05) is 49.5 Å². The summed E-state index contributed by atoms with van der Waals surface area (Å²) in [5, 5.41) is 10.9. The summed E-state index contributed by atoms with van der Waals surface area (Å²) >= 11 is 0. The quantitative estimate of drug-likeness (QED) is 0.489. The maximum Gasteiger partial charge on any atom is 0.231 e. The fourth-order valence-electron chi connectivity index (χ4n) is 4.85. The third-order valence-corrected chi connectivity index (χ3v) is 6.81. The van der Waals surface area contributed by atoms with Crippen LogP contribution in [0.1, 0.15) is 29.9 Å². The van der Waals surface area contributed by atoms with Crippen LogP contribution in [0.3, 0.4) is 0 Å². The van der Waals surface area contributed by atoms with E-state index in [2.05, 4.69) is 32.8 Å². The molecule has 0 aliphatic carbocycles. The van der Waals surface area contributed by atoms with Gasteiger partial charge in [0.05, 0.1) is 12.2 Å². The van der Waals surface area contributed by atoms with Crippen LogP contribution in [-0.2, 0) is 24.3 Å². The minimum Gasteiger partial charge on any atom is -0.454 e. The second-order valence-electron chi connectivity index (χ2n) is 9.36. The molecule has 2 atom stereocenters. The van der Waals surface area contributed by atoms with E-state index >= 15 is 0 Å². The van der Waals surface area contributed by atoms with E-state index in [9.17, 15) is 4.79 Å². The normalized spacial score (nSPS) is 18.9. The largest absolute Gasteiger partial charge is 0.454 e. The molecule has 2 aliphatic rings. The fraction of sp³-hybridized carbons (Fsp3) is 0.407. The Labute approximate surface area is 205 Å². The summed E-state index contributed by atoms with van der Waals surface area (Å²) in [5.74, 6) is 3.04. The van der Waals surface area contributed by atoms with Gasteiger partial charge in [-0.3, -0.25) is 4.79 Å². The third-order valence-electron chi connectivity index (χ3n) is 6.81. The summed E-state index contributed by atoms with van der Waals surface area (Å²) in [6.45, 7) is 3.20. The lowest BCUT2D eigenvalue weighted by Crippen LogP contribution is -2.40. The molecule has 2 aromatic carbocycles. The number of benzene rings is 2. The lowest BCUT2D eigenvalue weighted by Gasteiger charge is -2.31. The van der Waals surface area contributed by atoms with Crippen LogP contribution in [0.25, 0.3) is 0 Å². The second-order valence-corrected chi connectivity index (χ2v) is 9.36. The lowest BCUT2D eigenvalue weighted by atomic mass is 9.81. The Morgan fingerprint density at radius 2 is 1.97 bits per heavy atom. The molecule has 8 nitrogen and oxygen atoms in total. The summed E-state index contributed by atoms with van der Waals surface area (Å²) in [5.41, 5.74) is 3.08. The minimum absolute atomic E-state index is 0.0740. The van der Waals surface area contributed by atoms with Crippen LogP contribution in [-0.4, -0.2) is 38.0 Å². The van der Waals surface area contributed by atoms with Crippen LogP contribution in [0.15, 0.2) is 59.1 Å². The third kappa shape index (κ3) is 5.95. The van der Waals surface area contributed by atoms with Gasteiger partial charge in [0.2, 0.25) is 12.7 Å². The first-order chi connectivity index (χ1) is 17.1. The van der Waals surface area contributed by atoms with Crippen molar-refractivity contribution in [2.24, 2.45) is 11.8 Å². The molecule has 0 unspecified atom stereocenters.